The fourth-order valence-electron chi connectivity index (χ4n) is 1.94. The van der Waals surface area contributed by atoms with E-state index in [1.54, 1.807) is 6.07 Å². The quantitative estimate of drug-likeness (QED) is 0.867. The highest BCUT2D eigenvalue weighted by Crippen LogP contribution is 2.34. The van der Waals surface area contributed by atoms with E-state index in [0.29, 0.717) is 5.56 Å². The van der Waals surface area contributed by atoms with E-state index >= 15 is 0 Å². The lowest BCUT2D eigenvalue weighted by Crippen LogP contribution is -2.12. The van der Waals surface area contributed by atoms with Gasteiger partial charge in [-0.1, -0.05) is 42.0 Å². The van der Waals surface area contributed by atoms with E-state index in [1.165, 1.54) is 6.07 Å². The summed E-state index contributed by atoms with van der Waals surface area (Å²) < 4.78 is 38.8. The molecule has 0 aromatic heterocycles. The average Bonchev–Trinajstić information content (AvgIpc) is 2.38. The first-order valence-electron chi connectivity index (χ1n) is 5.89. The van der Waals surface area contributed by atoms with Crippen LogP contribution in [0.1, 0.15) is 16.7 Å². The van der Waals surface area contributed by atoms with Gasteiger partial charge in [0.15, 0.2) is 0 Å². The SMILES string of the molecule is Cc1ccc(-c2ccc(CN)c(C(F)(F)F)c2)cc1. The first-order valence-corrected chi connectivity index (χ1v) is 5.89. The van der Waals surface area contributed by atoms with Crippen LogP contribution in [0.5, 0.6) is 0 Å². The number of benzene rings is 2. The Morgan fingerprint density at radius 2 is 1.53 bits per heavy atom. The summed E-state index contributed by atoms with van der Waals surface area (Å²) in [5.41, 5.74) is 7.19. The second-order valence-corrected chi connectivity index (χ2v) is 4.44. The van der Waals surface area contributed by atoms with Crippen LogP contribution in [0.3, 0.4) is 0 Å². The largest absolute Gasteiger partial charge is 0.416 e. The van der Waals surface area contributed by atoms with Gasteiger partial charge in [0, 0.05) is 6.54 Å². The summed E-state index contributed by atoms with van der Waals surface area (Å²) >= 11 is 0. The molecule has 2 rings (SSSR count). The molecule has 0 aliphatic rings. The molecule has 0 bridgehead atoms. The molecule has 19 heavy (non-hydrogen) atoms. The van der Waals surface area contributed by atoms with Crippen LogP contribution < -0.4 is 5.73 Å². The molecule has 1 nitrogen and oxygen atoms in total. The summed E-state index contributed by atoms with van der Waals surface area (Å²) in [4.78, 5) is 0. The number of hydrogen-bond donors (Lipinski definition) is 1. The summed E-state index contributed by atoms with van der Waals surface area (Å²) in [7, 11) is 0. The number of alkyl halides is 3. The molecule has 0 aliphatic heterocycles. The molecule has 100 valence electrons. The Labute approximate surface area is 109 Å². The van der Waals surface area contributed by atoms with Crippen molar-refractivity contribution in [2.24, 2.45) is 5.73 Å². The normalized spacial score (nSPS) is 11.6. The molecule has 0 amide bonds. The highest BCUT2D eigenvalue weighted by atomic mass is 19.4. The van der Waals surface area contributed by atoms with Gasteiger partial charge in [0.2, 0.25) is 0 Å². The minimum Gasteiger partial charge on any atom is -0.326 e. The molecule has 0 spiro atoms. The standard InChI is InChI=1S/C15H14F3N/c1-10-2-4-11(5-3-10)12-6-7-13(9-19)14(8-12)15(16,17)18/h2-8H,9,19H2,1H3. The van der Waals surface area contributed by atoms with E-state index in [-0.39, 0.29) is 12.1 Å². The van der Waals surface area contributed by atoms with Crippen LogP contribution in [0.25, 0.3) is 11.1 Å². The lowest BCUT2D eigenvalue weighted by atomic mass is 9.98. The molecule has 0 saturated heterocycles. The molecule has 0 atom stereocenters. The third kappa shape index (κ3) is 2.96. The van der Waals surface area contributed by atoms with Gasteiger partial charge in [-0.3, -0.25) is 0 Å². The fourth-order valence-corrected chi connectivity index (χ4v) is 1.94. The topological polar surface area (TPSA) is 26.0 Å². The summed E-state index contributed by atoms with van der Waals surface area (Å²) in [6.45, 7) is 1.81. The first kappa shape index (κ1) is 13.6. The van der Waals surface area contributed by atoms with Crippen LogP contribution in [-0.4, -0.2) is 0 Å². The van der Waals surface area contributed by atoms with Gasteiger partial charge >= 0.3 is 6.18 Å². The third-order valence-corrected chi connectivity index (χ3v) is 3.02. The van der Waals surface area contributed by atoms with Crippen LogP contribution in [-0.2, 0) is 12.7 Å². The molecule has 2 aromatic rings. The molecule has 0 aliphatic carbocycles. The van der Waals surface area contributed by atoms with Gasteiger partial charge in [0.25, 0.3) is 0 Å². The van der Waals surface area contributed by atoms with Gasteiger partial charge in [-0.15, -0.1) is 0 Å². The van der Waals surface area contributed by atoms with Gasteiger partial charge < -0.3 is 5.73 Å². The Bertz CT molecular complexity index is 571. The zero-order chi connectivity index (χ0) is 14.0. The van der Waals surface area contributed by atoms with Crippen LogP contribution >= 0.6 is 0 Å². The van der Waals surface area contributed by atoms with Gasteiger partial charge in [-0.05, 0) is 29.7 Å². The van der Waals surface area contributed by atoms with E-state index in [4.69, 9.17) is 5.73 Å². The third-order valence-electron chi connectivity index (χ3n) is 3.02. The predicted molar refractivity (Wildman–Crippen MR) is 69.5 cm³/mol. The Hall–Kier alpha value is -1.81. The second-order valence-electron chi connectivity index (χ2n) is 4.44. The lowest BCUT2D eigenvalue weighted by molar-refractivity contribution is -0.138. The molecule has 4 heteroatoms. The minimum absolute atomic E-state index is 0.114. The van der Waals surface area contributed by atoms with Crippen molar-refractivity contribution in [3.8, 4) is 11.1 Å². The van der Waals surface area contributed by atoms with Crippen LogP contribution in [0.15, 0.2) is 42.5 Å². The zero-order valence-electron chi connectivity index (χ0n) is 10.5. The van der Waals surface area contributed by atoms with E-state index in [1.807, 2.05) is 31.2 Å². The Kier molecular flexibility index (Phi) is 3.62. The Morgan fingerprint density at radius 1 is 0.947 bits per heavy atom. The summed E-state index contributed by atoms with van der Waals surface area (Å²) in [5, 5.41) is 0. The van der Waals surface area contributed by atoms with E-state index in [0.717, 1.165) is 17.2 Å². The number of aryl methyl sites for hydroxylation is 1. The van der Waals surface area contributed by atoms with Crippen molar-refractivity contribution < 1.29 is 13.2 Å². The van der Waals surface area contributed by atoms with Crippen molar-refractivity contribution in [1.82, 2.24) is 0 Å². The van der Waals surface area contributed by atoms with Crippen molar-refractivity contribution in [2.45, 2.75) is 19.6 Å². The number of halogens is 3. The molecule has 0 unspecified atom stereocenters. The maximum atomic E-state index is 12.9. The summed E-state index contributed by atoms with van der Waals surface area (Å²) in [6, 6.07) is 11.6. The summed E-state index contributed by atoms with van der Waals surface area (Å²) in [5.74, 6) is 0. The average molecular weight is 265 g/mol. The van der Waals surface area contributed by atoms with Crippen LogP contribution in [0, 0.1) is 6.92 Å². The number of hydrogen-bond acceptors (Lipinski definition) is 1. The molecule has 0 saturated carbocycles. The van der Waals surface area contributed by atoms with Crippen LogP contribution in [0.4, 0.5) is 13.2 Å². The highest BCUT2D eigenvalue weighted by Gasteiger charge is 2.33. The number of rotatable bonds is 2. The van der Waals surface area contributed by atoms with Gasteiger partial charge in [-0.2, -0.15) is 13.2 Å². The Morgan fingerprint density at radius 3 is 2.05 bits per heavy atom. The van der Waals surface area contributed by atoms with Gasteiger partial charge in [0.1, 0.15) is 0 Å². The molecular formula is C15H14F3N. The summed E-state index contributed by atoms with van der Waals surface area (Å²) in [6.07, 6.45) is -4.38. The Balaban J connectivity index is 2.52. The van der Waals surface area contributed by atoms with Gasteiger partial charge in [0.05, 0.1) is 5.56 Å². The first-order chi connectivity index (χ1) is 8.91. The molecule has 0 heterocycles. The molecular weight excluding hydrogens is 251 g/mol. The van der Waals surface area contributed by atoms with E-state index in [2.05, 4.69) is 0 Å². The molecule has 0 radical (unpaired) electrons. The van der Waals surface area contributed by atoms with Crippen LogP contribution in [0.2, 0.25) is 0 Å². The molecule has 2 aromatic carbocycles. The smallest absolute Gasteiger partial charge is 0.326 e. The van der Waals surface area contributed by atoms with Crippen molar-refractivity contribution >= 4 is 0 Å². The molecule has 2 N–H and O–H groups in total. The fraction of sp³-hybridized carbons (Fsp3) is 0.200. The van der Waals surface area contributed by atoms with E-state index < -0.39 is 11.7 Å². The number of nitrogens with two attached hydrogens (primary N) is 1. The highest BCUT2D eigenvalue weighted by molar-refractivity contribution is 5.65. The zero-order valence-corrected chi connectivity index (χ0v) is 10.5. The van der Waals surface area contributed by atoms with E-state index in [9.17, 15) is 13.2 Å². The van der Waals surface area contributed by atoms with Crippen molar-refractivity contribution in [3.05, 3.63) is 59.2 Å². The monoisotopic (exact) mass is 265 g/mol. The maximum Gasteiger partial charge on any atom is 0.416 e. The lowest BCUT2D eigenvalue weighted by Gasteiger charge is -2.13. The predicted octanol–water partition coefficient (Wildman–Crippen LogP) is 4.14. The van der Waals surface area contributed by atoms with Gasteiger partial charge in [-0.25, -0.2) is 0 Å². The van der Waals surface area contributed by atoms with Crippen molar-refractivity contribution in [1.29, 1.82) is 0 Å². The maximum absolute atomic E-state index is 12.9. The molecule has 0 fully saturated rings. The second kappa shape index (κ2) is 5.05. The minimum atomic E-state index is -4.38. The van der Waals surface area contributed by atoms with Crippen molar-refractivity contribution in [3.63, 3.8) is 0 Å². The van der Waals surface area contributed by atoms with Crippen molar-refractivity contribution in [2.75, 3.05) is 0 Å².